The molecule has 3 aliphatic heterocycles. The van der Waals surface area contributed by atoms with Gasteiger partial charge in [-0.25, -0.2) is 0 Å². The molecule has 4 heterocycles. The van der Waals surface area contributed by atoms with Crippen molar-refractivity contribution < 1.29 is 9.59 Å². The number of nitrogens with one attached hydrogen (secondary N) is 1. The SMILES string of the molecule is CC(=O)c1cncc(Sc2ccc(C(=O)NC3C4CCN(CC4)C3C)cc2)c1. The van der Waals surface area contributed by atoms with Crippen LogP contribution in [-0.4, -0.2) is 46.7 Å². The van der Waals surface area contributed by atoms with Crippen LogP contribution in [-0.2, 0) is 0 Å². The summed E-state index contributed by atoms with van der Waals surface area (Å²) in [4.78, 5) is 32.8. The number of carbonyl (C=O) groups is 2. The number of carbonyl (C=O) groups excluding carboxylic acids is 2. The van der Waals surface area contributed by atoms with E-state index in [1.807, 2.05) is 30.3 Å². The molecule has 1 aromatic carbocycles. The summed E-state index contributed by atoms with van der Waals surface area (Å²) in [5, 5.41) is 3.27. The lowest BCUT2D eigenvalue weighted by Crippen LogP contribution is -2.62. The molecule has 3 saturated heterocycles. The average Bonchev–Trinajstić information content (AvgIpc) is 2.71. The van der Waals surface area contributed by atoms with Crippen molar-refractivity contribution >= 4 is 23.5 Å². The highest BCUT2D eigenvalue weighted by molar-refractivity contribution is 7.99. The number of fused-ring (bicyclic) bond motifs is 3. The standard InChI is InChI=1S/C22H25N3O2S/c1-14-21(16-7-9-25(14)10-8-16)24-22(27)17-3-5-19(6-4-17)28-20-11-18(15(2)26)12-23-13-20/h3-6,11-14,16,21H,7-10H2,1-2H3,(H,24,27). The second-order valence-corrected chi connectivity index (χ2v) is 8.85. The number of hydrogen-bond donors (Lipinski definition) is 1. The van der Waals surface area contributed by atoms with E-state index in [9.17, 15) is 9.59 Å². The number of Topliss-reactive ketones (excluding diaryl/α,β-unsaturated/α-hetero) is 1. The topological polar surface area (TPSA) is 62.3 Å². The summed E-state index contributed by atoms with van der Waals surface area (Å²) >= 11 is 1.53. The van der Waals surface area contributed by atoms with Crippen LogP contribution in [0.25, 0.3) is 0 Å². The molecular weight excluding hydrogens is 370 g/mol. The maximum absolute atomic E-state index is 12.7. The number of piperidine rings is 3. The van der Waals surface area contributed by atoms with Crippen LogP contribution in [0.5, 0.6) is 0 Å². The fourth-order valence-corrected chi connectivity index (χ4v) is 5.10. The zero-order valence-electron chi connectivity index (χ0n) is 16.2. The Bertz CT molecular complexity index is 874. The van der Waals surface area contributed by atoms with Crippen LogP contribution < -0.4 is 5.32 Å². The second-order valence-electron chi connectivity index (χ2n) is 7.71. The van der Waals surface area contributed by atoms with Crippen molar-refractivity contribution in [2.24, 2.45) is 5.92 Å². The Hall–Kier alpha value is -2.18. The summed E-state index contributed by atoms with van der Waals surface area (Å²) < 4.78 is 0. The van der Waals surface area contributed by atoms with E-state index in [1.165, 1.54) is 31.5 Å². The first-order valence-corrected chi connectivity index (χ1v) is 10.6. The summed E-state index contributed by atoms with van der Waals surface area (Å²) in [6.07, 6.45) is 5.68. The first kappa shape index (κ1) is 19.2. The van der Waals surface area contributed by atoms with E-state index in [0.717, 1.165) is 22.9 Å². The van der Waals surface area contributed by atoms with E-state index in [2.05, 4.69) is 22.1 Å². The molecule has 28 heavy (non-hydrogen) atoms. The molecule has 5 nitrogen and oxygen atoms in total. The summed E-state index contributed by atoms with van der Waals surface area (Å²) in [6, 6.07) is 10.1. The van der Waals surface area contributed by atoms with Crippen LogP contribution in [0.15, 0.2) is 52.5 Å². The summed E-state index contributed by atoms with van der Waals surface area (Å²) in [7, 11) is 0. The molecule has 0 spiro atoms. The quantitative estimate of drug-likeness (QED) is 0.783. The minimum atomic E-state index is 0.00222. The number of benzene rings is 1. The molecule has 1 amide bonds. The van der Waals surface area contributed by atoms with Gasteiger partial charge in [-0.15, -0.1) is 0 Å². The number of hydrogen-bond acceptors (Lipinski definition) is 5. The third-order valence-electron chi connectivity index (χ3n) is 5.95. The summed E-state index contributed by atoms with van der Waals surface area (Å²) in [5.74, 6) is 0.603. The van der Waals surface area contributed by atoms with Crippen molar-refractivity contribution in [2.45, 2.75) is 48.6 Å². The normalized spacial score (nSPS) is 26.1. The highest BCUT2D eigenvalue weighted by atomic mass is 32.2. The van der Waals surface area contributed by atoms with Crippen LogP contribution in [0.1, 0.15) is 47.4 Å². The first-order chi connectivity index (χ1) is 13.5. The molecule has 3 aliphatic rings. The van der Waals surface area contributed by atoms with Crippen LogP contribution in [0.2, 0.25) is 0 Å². The van der Waals surface area contributed by atoms with E-state index in [4.69, 9.17) is 0 Å². The molecule has 1 N–H and O–H groups in total. The first-order valence-electron chi connectivity index (χ1n) is 9.80. The van der Waals surface area contributed by atoms with E-state index < -0.39 is 0 Å². The van der Waals surface area contributed by atoms with Gasteiger partial charge >= 0.3 is 0 Å². The predicted molar refractivity (Wildman–Crippen MR) is 110 cm³/mol. The van der Waals surface area contributed by atoms with Gasteiger partial charge in [0, 0.05) is 45.4 Å². The third-order valence-corrected chi connectivity index (χ3v) is 6.91. The molecule has 0 aliphatic carbocycles. The van der Waals surface area contributed by atoms with Crippen LogP contribution in [0.4, 0.5) is 0 Å². The van der Waals surface area contributed by atoms with E-state index in [0.29, 0.717) is 23.1 Å². The molecule has 2 unspecified atom stereocenters. The lowest BCUT2D eigenvalue weighted by molar-refractivity contribution is 0.0217. The number of aromatic nitrogens is 1. The van der Waals surface area contributed by atoms with Gasteiger partial charge in [0.05, 0.1) is 0 Å². The van der Waals surface area contributed by atoms with Crippen molar-refractivity contribution in [1.29, 1.82) is 0 Å². The van der Waals surface area contributed by atoms with Gasteiger partial charge in [-0.05, 0) is 76.0 Å². The van der Waals surface area contributed by atoms with Crippen molar-refractivity contribution in [2.75, 3.05) is 13.1 Å². The second kappa shape index (κ2) is 8.05. The lowest BCUT2D eigenvalue weighted by atomic mass is 9.79. The van der Waals surface area contributed by atoms with Gasteiger partial charge in [-0.1, -0.05) is 11.8 Å². The highest BCUT2D eigenvalue weighted by Crippen LogP contribution is 2.32. The molecule has 5 rings (SSSR count). The Morgan fingerprint density at radius 1 is 1.07 bits per heavy atom. The Morgan fingerprint density at radius 3 is 2.43 bits per heavy atom. The van der Waals surface area contributed by atoms with Gasteiger partial charge in [0.2, 0.25) is 0 Å². The van der Waals surface area contributed by atoms with Crippen LogP contribution in [0.3, 0.4) is 0 Å². The minimum Gasteiger partial charge on any atom is -0.347 e. The Kier molecular flexibility index (Phi) is 5.51. The number of nitrogens with zero attached hydrogens (tertiary/aromatic N) is 2. The van der Waals surface area contributed by atoms with Gasteiger partial charge in [0.1, 0.15) is 0 Å². The molecule has 3 fully saturated rings. The van der Waals surface area contributed by atoms with Gasteiger partial charge in [0.25, 0.3) is 5.91 Å². The van der Waals surface area contributed by atoms with Crippen LogP contribution in [0, 0.1) is 5.92 Å². The van der Waals surface area contributed by atoms with Crippen molar-refractivity contribution in [3.05, 3.63) is 53.9 Å². The smallest absolute Gasteiger partial charge is 0.251 e. The van der Waals surface area contributed by atoms with Crippen LogP contribution >= 0.6 is 11.8 Å². The fourth-order valence-electron chi connectivity index (χ4n) is 4.26. The summed E-state index contributed by atoms with van der Waals surface area (Å²) in [5.41, 5.74) is 1.29. The molecular formula is C22H25N3O2S. The molecule has 1 aromatic heterocycles. The number of amides is 1. The predicted octanol–water partition coefficient (Wildman–Crippen LogP) is 3.65. The monoisotopic (exact) mass is 395 g/mol. The Labute approximate surface area is 169 Å². The maximum atomic E-state index is 12.7. The van der Waals surface area contributed by atoms with Gasteiger partial charge in [-0.3, -0.25) is 19.5 Å². The molecule has 0 saturated carbocycles. The zero-order chi connectivity index (χ0) is 19.7. The van der Waals surface area contributed by atoms with E-state index in [1.54, 1.807) is 12.4 Å². The fraction of sp³-hybridized carbons (Fsp3) is 0.409. The van der Waals surface area contributed by atoms with Gasteiger partial charge in [-0.2, -0.15) is 0 Å². The Morgan fingerprint density at radius 2 is 1.79 bits per heavy atom. The number of rotatable bonds is 5. The van der Waals surface area contributed by atoms with Gasteiger partial charge < -0.3 is 5.32 Å². The Balaban J connectivity index is 1.41. The zero-order valence-corrected chi connectivity index (χ0v) is 17.0. The number of ketones is 1. The van der Waals surface area contributed by atoms with Crippen molar-refractivity contribution in [3.8, 4) is 0 Å². The largest absolute Gasteiger partial charge is 0.347 e. The number of pyridine rings is 1. The minimum absolute atomic E-state index is 0.00222. The molecule has 2 aromatic rings. The van der Waals surface area contributed by atoms with E-state index >= 15 is 0 Å². The lowest BCUT2D eigenvalue weighted by Gasteiger charge is -2.49. The molecule has 0 radical (unpaired) electrons. The molecule has 6 heteroatoms. The third kappa shape index (κ3) is 3.98. The molecule has 2 bridgehead atoms. The van der Waals surface area contributed by atoms with Crippen molar-refractivity contribution in [3.63, 3.8) is 0 Å². The van der Waals surface area contributed by atoms with Crippen molar-refractivity contribution in [1.82, 2.24) is 15.2 Å². The molecule has 2 atom stereocenters. The van der Waals surface area contributed by atoms with E-state index in [-0.39, 0.29) is 17.7 Å². The average molecular weight is 396 g/mol. The van der Waals surface area contributed by atoms with Gasteiger partial charge in [0.15, 0.2) is 5.78 Å². The molecule has 146 valence electrons. The summed E-state index contributed by atoms with van der Waals surface area (Å²) in [6.45, 7) is 6.07. The highest BCUT2D eigenvalue weighted by Gasteiger charge is 2.40. The maximum Gasteiger partial charge on any atom is 0.251 e.